The van der Waals surface area contributed by atoms with Gasteiger partial charge in [-0.05, 0) is 105 Å². The second kappa shape index (κ2) is 20.1. The second-order valence-electron chi connectivity index (χ2n) is 17.5. The van der Waals surface area contributed by atoms with E-state index in [1.165, 1.54) is 0 Å². The summed E-state index contributed by atoms with van der Waals surface area (Å²) in [5, 5.41) is 3.21. The van der Waals surface area contributed by atoms with Gasteiger partial charge in [-0.1, -0.05) is 121 Å². The van der Waals surface area contributed by atoms with Gasteiger partial charge in [0, 0.05) is 11.1 Å². The number of carbonyl (C=O) groups excluding carboxylic acids is 3. The quantitative estimate of drug-likeness (QED) is 0.0543. The molecule has 10 nitrogen and oxygen atoms in total. The fraction of sp³-hybridized carbons (Fsp3) is 0.278. The van der Waals surface area contributed by atoms with Gasteiger partial charge in [0.15, 0.2) is 0 Å². The van der Waals surface area contributed by atoms with Gasteiger partial charge in [0.25, 0.3) is 5.91 Å². The van der Waals surface area contributed by atoms with E-state index in [1.54, 1.807) is 48.5 Å². The molecule has 11 heteroatoms. The molecule has 2 aliphatic rings. The van der Waals surface area contributed by atoms with Crippen LogP contribution in [0, 0.1) is 0 Å². The van der Waals surface area contributed by atoms with Crippen molar-refractivity contribution in [3.05, 3.63) is 196 Å². The van der Waals surface area contributed by atoms with E-state index in [-0.39, 0.29) is 72.7 Å². The van der Waals surface area contributed by atoms with Crippen LogP contribution in [0.5, 0.6) is 11.5 Å². The van der Waals surface area contributed by atoms with Crippen LogP contribution in [0.4, 0.5) is 0 Å². The minimum atomic E-state index is -0.627. The molecule has 8 rings (SSSR count). The average Bonchev–Trinajstić information content (AvgIpc) is 3.87. The summed E-state index contributed by atoms with van der Waals surface area (Å²) in [7, 11) is -0.518. The van der Waals surface area contributed by atoms with E-state index in [1.807, 2.05) is 131 Å². The summed E-state index contributed by atoms with van der Waals surface area (Å²) in [5.41, 5.74) is 4.21. The Morgan fingerprint density at radius 3 is 1.66 bits per heavy atom. The van der Waals surface area contributed by atoms with Crippen LogP contribution in [-0.4, -0.2) is 48.1 Å². The molecule has 1 aliphatic heterocycles. The molecule has 1 N–H and O–H groups in total. The van der Waals surface area contributed by atoms with Crippen molar-refractivity contribution >= 4 is 30.2 Å². The smallest absolute Gasteiger partial charge is 0.488 e. The molecule has 0 aromatic heterocycles. The second-order valence-corrected chi connectivity index (χ2v) is 17.5. The summed E-state index contributed by atoms with van der Waals surface area (Å²) in [6.07, 6.45) is 2.14. The van der Waals surface area contributed by atoms with E-state index in [0.29, 0.717) is 11.1 Å². The molecule has 0 radical (unpaired) electrons. The van der Waals surface area contributed by atoms with E-state index in [0.717, 1.165) is 41.4 Å². The Balaban J connectivity index is 1.04. The minimum Gasteiger partial charge on any atom is -0.488 e. The largest absolute Gasteiger partial charge is 0.494 e. The maximum absolute atomic E-state index is 14.9. The third-order valence-electron chi connectivity index (χ3n) is 12.4. The number of hydrogen-bond acceptors (Lipinski definition) is 9. The predicted octanol–water partition coefficient (Wildman–Crippen LogP) is 9.60. The van der Waals surface area contributed by atoms with Gasteiger partial charge >= 0.3 is 13.1 Å². The monoisotopic (exact) mass is 871 g/mol. The Hall–Kier alpha value is -6.53. The zero-order valence-corrected chi connectivity index (χ0v) is 37.3. The van der Waals surface area contributed by atoms with Crippen molar-refractivity contribution in [3.8, 4) is 11.5 Å². The van der Waals surface area contributed by atoms with Crippen LogP contribution in [0.2, 0.25) is 0 Å². The first kappa shape index (κ1) is 45.1. The van der Waals surface area contributed by atoms with Crippen molar-refractivity contribution in [1.29, 1.82) is 0 Å². The Morgan fingerprint density at radius 1 is 0.600 bits per heavy atom. The highest BCUT2D eigenvalue weighted by molar-refractivity contribution is 6.62. The number of hydrogen-bond donors (Lipinski definition) is 1. The van der Waals surface area contributed by atoms with Gasteiger partial charge in [0.2, 0.25) is 5.78 Å². The highest BCUT2D eigenvalue weighted by atomic mass is 16.7. The van der Waals surface area contributed by atoms with Crippen LogP contribution in [0.1, 0.15) is 106 Å². The van der Waals surface area contributed by atoms with Crippen molar-refractivity contribution in [2.45, 2.75) is 96.7 Å². The van der Waals surface area contributed by atoms with Crippen LogP contribution in [0.25, 0.3) is 0 Å². The van der Waals surface area contributed by atoms with E-state index in [4.69, 9.17) is 28.3 Å². The van der Waals surface area contributed by atoms with Crippen molar-refractivity contribution in [2.75, 3.05) is 0 Å². The Labute approximate surface area is 381 Å². The molecular formula is C54H54BNO9. The van der Waals surface area contributed by atoms with Gasteiger partial charge in [-0.2, -0.15) is 0 Å². The molecule has 65 heavy (non-hydrogen) atoms. The summed E-state index contributed by atoms with van der Waals surface area (Å²) < 4.78 is 37.7. The first-order valence-corrected chi connectivity index (χ1v) is 22.2. The molecule has 1 aliphatic carbocycles. The summed E-state index contributed by atoms with van der Waals surface area (Å²) in [6.45, 7) is 8.59. The number of ether oxygens (including phenoxy) is 4. The molecule has 1 heterocycles. The van der Waals surface area contributed by atoms with Crippen molar-refractivity contribution in [3.63, 3.8) is 0 Å². The maximum atomic E-state index is 14.9. The Kier molecular flexibility index (Phi) is 13.9. The Morgan fingerprint density at radius 2 is 1.11 bits per heavy atom. The summed E-state index contributed by atoms with van der Waals surface area (Å²) in [4.78, 5) is 42.1. The number of carbonyl (C=O) groups is 3. The molecule has 1 saturated heterocycles. The minimum absolute atomic E-state index is 0.0515. The van der Waals surface area contributed by atoms with Crippen LogP contribution in [-0.2, 0) is 45.2 Å². The summed E-state index contributed by atoms with van der Waals surface area (Å²) in [6, 6.07) is 46.1. The van der Waals surface area contributed by atoms with Crippen LogP contribution in [0.15, 0.2) is 152 Å². The van der Waals surface area contributed by atoms with Gasteiger partial charge in [0.05, 0.1) is 35.5 Å². The third-order valence-corrected chi connectivity index (χ3v) is 12.4. The lowest BCUT2D eigenvalue weighted by Gasteiger charge is -2.32. The van der Waals surface area contributed by atoms with Gasteiger partial charge in [0.1, 0.15) is 36.9 Å². The van der Waals surface area contributed by atoms with Crippen molar-refractivity contribution in [2.24, 2.45) is 0 Å². The highest BCUT2D eigenvalue weighted by Gasteiger charge is 2.51. The lowest BCUT2D eigenvalue weighted by molar-refractivity contribution is 0.00578. The molecule has 332 valence electrons. The molecule has 0 unspecified atom stereocenters. The molecule has 6 aromatic carbocycles. The standard InChI is InChI=1S/C54H54BNO9/c1-53(2)54(3,4)65-55(64-53)42-29-27-41(28-30-42)51(58)56-45-25-16-26-46(45)60-36-40-31-47(61-33-37-17-8-5-9-18-37)49(48(32-40)62-34-38-19-10-6-11-20-38)50(57)43-23-14-15-24-44(43)52(59)63-35-39-21-12-7-13-22-39/h5-15,17-24,27-32,45-46H,16,25-26,33-36H2,1-4H3,(H,56,58)/t45-,46-/m1/s1. The first-order valence-electron chi connectivity index (χ1n) is 22.2. The zero-order chi connectivity index (χ0) is 45.4. The lowest BCUT2D eigenvalue weighted by Crippen LogP contribution is -2.41. The Bertz CT molecular complexity index is 2500. The predicted molar refractivity (Wildman–Crippen MR) is 249 cm³/mol. The van der Waals surface area contributed by atoms with Gasteiger partial charge in [-0.3, -0.25) is 9.59 Å². The fourth-order valence-electron chi connectivity index (χ4n) is 7.96. The topological polar surface area (TPSA) is 119 Å². The molecule has 6 aromatic rings. The zero-order valence-electron chi connectivity index (χ0n) is 37.3. The third kappa shape index (κ3) is 10.9. The number of rotatable bonds is 17. The fourth-order valence-corrected chi connectivity index (χ4v) is 7.96. The summed E-state index contributed by atoms with van der Waals surface area (Å²) >= 11 is 0. The molecule has 1 amide bonds. The van der Waals surface area contributed by atoms with Crippen LogP contribution >= 0.6 is 0 Å². The van der Waals surface area contributed by atoms with Gasteiger partial charge < -0.3 is 33.6 Å². The average molecular weight is 872 g/mol. The van der Waals surface area contributed by atoms with Crippen LogP contribution < -0.4 is 20.3 Å². The van der Waals surface area contributed by atoms with Gasteiger partial charge in [-0.25, -0.2) is 4.79 Å². The number of benzene rings is 6. The van der Waals surface area contributed by atoms with Gasteiger partial charge in [-0.15, -0.1) is 0 Å². The van der Waals surface area contributed by atoms with E-state index in [2.05, 4.69) is 5.32 Å². The first-order chi connectivity index (χ1) is 31.4. The van der Waals surface area contributed by atoms with E-state index < -0.39 is 30.1 Å². The number of amides is 1. The SMILES string of the molecule is CC1(C)OB(c2ccc(C(=O)N[C@@H]3CCC[C@H]3OCc3cc(OCc4ccccc4)c(C(=O)c4ccccc4C(=O)OCc4ccccc4)c(OCc4ccccc4)c3)cc2)OC1(C)C. The molecule has 0 spiro atoms. The maximum Gasteiger partial charge on any atom is 0.494 e. The number of ketones is 1. The normalized spacial score (nSPS) is 17.3. The highest BCUT2D eigenvalue weighted by Crippen LogP contribution is 2.38. The van der Waals surface area contributed by atoms with Crippen molar-refractivity contribution < 1.29 is 42.6 Å². The molecule has 1 saturated carbocycles. The van der Waals surface area contributed by atoms with E-state index in [9.17, 15) is 14.4 Å². The lowest BCUT2D eigenvalue weighted by atomic mass is 9.79. The summed E-state index contributed by atoms with van der Waals surface area (Å²) in [5.74, 6) is -0.728. The number of esters is 1. The molecule has 0 bridgehead atoms. The van der Waals surface area contributed by atoms with Crippen LogP contribution in [0.3, 0.4) is 0 Å². The van der Waals surface area contributed by atoms with Crippen molar-refractivity contribution in [1.82, 2.24) is 5.32 Å². The number of nitrogens with one attached hydrogen (secondary N) is 1. The van der Waals surface area contributed by atoms with E-state index >= 15 is 0 Å². The molecule has 2 fully saturated rings. The molecule has 2 atom stereocenters. The molecular weight excluding hydrogens is 817 g/mol.